The summed E-state index contributed by atoms with van der Waals surface area (Å²) in [6.45, 7) is 0.00796. The number of benzene rings is 1. The van der Waals surface area contributed by atoms with E-state index < -0.39 is 10.9 Å². The van der Waals surface area contributed by atoms with Gasteiger partial charge in [0.25, 0.3) is 5.69 Å². The highest BCUT2D eigenvalue weighted by molar-refractivity contribution is 7.20. The third-order valence-corrected chi connectivity index (χ3v) is 5.26. The lowest BCUT2D eigenvalue weighted by Gasteiger charge is -2.04. The highest BCUT2D eigenvalue weighted by Crippen LogP contribution is 2.28. The van der Waals surface area contributed by atoms with E-state index in [0.29, 0.717) is 5.69 Å². The molecule has 0 aliphatic rings. The van der Waals surface area contributed by atoms with Crippen molar-refractivity contribution in [3.8, 4) is 9.88 Å². The van der Waals surface area contributed by atoms with E-state index in [9.17, 15) is 14.9 Å². The molecule has 9 heteroatoms. The lowest BCUT2D eigenvalue weighted by atomic mass is 10.2. The van der Waals surface area contributed by atoms with E-state index in [0.717, 1.165) is 16.0 Å². The van der Waals surface area contributed by atoms with E-state index in [1.54, 1.807) is 11.3 Å². The minimum absolute atomic E-state index is 0.00796. The summed E-state index contributed by atoms with van der Waals surface area (Å²) in [5, 5.41) is 15.3. The van der Waals surface area contributed by atoms with Gasteiger partial charge in [-0.3, -0.25) is 10.1 Å². The van der Waals surface area contributed by atoms with Gasteiger partial charge in [0.2, 0.25) is 0 Å². The van der Waals surface area contributed by atoms with Gasteiger partial charge in [-0.05, 0) is 17.5 Å². The lowest BCUT2D eigenvalue weighted by molar-refractivity contribution is -0.384. The molecular formula is C15H9ClN2O4S2. The van der Waals surface area contributed by atoms with Gasteiger partial charge in [-0.15, -0.1) is 22.7 Å². The molecule has 6 nitrogen and oxygen atoms in total. The Kier molecular flexibility index (Phi) is 4.89. The molecule has 0 saturated carbocycles. The molecule has 0 saturated heterocycles. The first-order chi connectivity index (χ1) is 11.5. The summed E-state index contributed by atoms with van der Waals surface area (Å²) in [5.41, 5.74) is 0.530. The molecule has 0 bridgehead atoms. The fourth-order valence-corrected chi connectivity index (χ4v) is 3.76. The van der Waals surface area contributed by atoms with Gasteiger partial charge >= 0.3 is 5.97 Å². The largest absolute Gasteiger partial charge is 0.456 e. The Labute approximate surface area is 149 Å². The monoisotopic (exact) mass is 380 g/mol. The molecule has 0 aliphatic heterocycles. The number of carbonyl (C=O) groups excluding carboxylic acids is 1. The number of ether oxygens (including phenoxy) is 1. The molecule has 0 atom stereocenters. The van der Waals surface area contributed by atoms with Crippen molar-refractivity contribution in [2.24, 2.45) is 0 Å². The summed E-state index contributed by atoms with van der Waals surface area (Å²) in [6.07, 6.45) is 0. The number of thiophene rings is 1. The van der Waals surface area contributed by atoms with Gasteiger partial charge in [-0.1, -0.05) is 17.7 Å². The van der Waals surface area contributed by atoms with Crippen LogP contribution in [0.3, 0.4) is 0 Å². The number of nitrogens with zero attached hydrogens (tertiary/aromatic N) is 2. The fourth-order valence-electron chi connectivity index (χ4n) is 1.89. The molecule has 3 aromatic rings. The van der Waals surface area contributed by atoms with E-state index >= 15 is 0 Å². The first-order valence-corrected chi connectivity index (χ1v) is 8.77. The average Bonchev–Trinajstić information content (AvgIpc) is 3.23. The molecule has 0 amide bonds. The average molecular weight is 381 g/mol. The second kappa shape index (κ2) is 7.08. The van der Waals surface area contributed by atoms with Crippen molar-refractivity contribution < 1.29 is 14.5 Å². The van der Waals surface area contributed by atoms with Gasteiger partial charge < -0.3 is 4.74 Å². The van der Waals surface area contributed by atoms with Gasteiger partial charge in [0.15, 0.2) is 0 Å². The summed E-state index contributed by atoms with van der Waals surface area (Å²) in [5.74, 6) is -0.652. The predicted molar refractivity (Wildman–Crippen MR) is 92.7 cm³/mol. The second-order valence-corrected chi connectivity index (χ2v) is 6.83. The number of non-ortho nitro benzene ring substituents is 1. The van der Waals surface area contributed by atoms with Crippen molar-refractivity contribution in [2.75, 3.05) is 0 Å². The number of halogens is 1. The summed E-state index contributed by atoms with van der Waals surface area (Å²) in [4.78, 5) is 27.6. The van der Waals surface area contributed by atoms with Crippen LogP contribution in [0.5, 0.6) is 0 Å². The van der Waals surface area contributed by atoms with Crippen molar-refractivity contribution >= 4 is 45.9 Å². The number of aromatic nitrogens is 1. The third kappa shape index (κ3) is 3.61. The van der Waals surface area contributed by atoms with Crippen LogP contribution in [-0.4, -0.2) is 15.9 Å². The summed E-state index contributed by atoms with van der Waals surface area (Å²) in [7, 11) is 0. The first kappa shape index (κ1) is 16.6. The molecule has 0 unspecified atom stereocenters. The molecule has 0 radical (unpaired) electrons. The Morgan fingerprint density at radius 1 is 1.33 bits per heavy atom. The zero-order valence-corrected chi connectivity index (χ0v) is 14.4. The van der Waals surface area contributed by atoms with E-state index in [4.69, 9.17) is 16.3 Å². The Morgan fingerprint density at radius 2 is 2.17 bits per heavy atom. The molecular weight excluding hydrogens is 372 g/mol. The van der Waals surface area contributed by atoms with E-state index in [1.807, 2.05) is 22.9 Å². The maximum Gasteiger partial charge on any atom is 0.340 e. The Morgan fingerprint density at radius 3 is 2.83 bits per heavy atom. The number of hydrogen-bond acceptors (Lipinski definition) is 7. The van der Waals surface area contributed by atoms with Crippen LogP contribution in [0.2, 0.25) is 5.02 Å². The summed E-state index contributed by atoms with van der Waals surface area (Å²) >= 11 is 8.96. The second-order valence-electron chi connectivity index (χ2n) is 4.62. The quantitative estimate of drug-likeness (QED) is 0.361. The molecule has 24 heavy (non-hydrogen) atoms. The van der Waals surface area contributed by atoms with Crippen molar-refractivity contribution in [2.45, 2.75) is 6.61 Å². The molecule has 0 fully saturated rings. The van der Waals surface area contributed by atoms with Gasteiger partial charge in [-0.25, -0.2) is 9.78 Å². The predicted octanol–water partition coefficient (Wildman–Crippen LogP) is 4.79. The molecule has 2 aromatic heterocycles. The van der Waals surface area contributed by atoms with Crippen LogP contribution in [0, 0.1) is 10.1 Å². The number of rotatable bonds is 5. The van der Waals surface area contributed by atoms with E-state index in [2.05, 4.69) is 4.98 Å². The maximum absolute atomic E-state index is 12.1. The zero-order chi connectivity index (χ0) is 17.1. The molecule has 122 valence electrons. The van der Waals surface area contributed by atoms with Gasteiger partial charge in [0.1, 0.15) is 11.6 Å². The first-order valence-electron chi connectivity index (χ1n) is 6.64. The fraction of sp³-hybridized carbons (Fsp3) is 0.0667. The lowest BCUT2D eigenvalue weighted by Crippen LogP contribution is -2.06. The number of carbonyl (C=O) groups is 1. The Balaban J connectivity index is 1.66. The van der Waals surface area contributed by atoms with Crippen molar-refractivity contribution in [3.63, 3.8) is 0 Å². The molecule has 0 aliphatic carbocycles. The number of nitro groups is 1. The normalized spacial score (nSPS) is 10.5. The number of thiazole rings is 1. The third-order valence-electron chi connectivity index (χ3n) is 3.02. The van der Waals surface area contributed by atoms with Crippen LogP contribution < -0.4 is 0 Å². The van der Waals surface area contributed by atoms with E-state index in [-0.39, 0.29) is 22.9 Å². The topological polar surface area (TPSA) is 82.3 Å². The number of hydrogen-bond donors (Lipinski definition) is 0. The molecule has 0 N–H and O–H groups in total. The van der Waals surface area contributed by atoms with Crippen molar-refractivity contribution in [1.29, 1.82) is 0 Å². The smallest absolute Gasteiger partial charge is 0.340 e. The molecule has 2 heterocycles. The highest BCUT2D eigenvalue weighted by atomic mass is 35.5. The van der Waals surface area contributed by atoms with Crippen LogP contribution in [0.25, 0.3) is 9.88 Å². The van der Waals surface area contributed by atoms with Crippen molar-refractivity contribution in [1.82, 2.24) is 4.98 Å². The highest BCUT2D eigenvalue weighted by Gasteiger charge is 2.16. The molecule has 3 rings (SSSR count). The van der Waals surface area contributed by atoms with Crippen LogP contribution >= 0.6 is 34.3 Å². The number of nitro benzene ring substituents is 1. The van der Waals surface area contributed by atoms with Crippen LogP contribution in [0.4, 0.5) is 5.69 Å². The Hall–Kier alpha value is -2.29. The van der Waals surface area contributed by atoms with Gasteiger partial charge in [-0.2, -0.15) is 0 Å². The summed E-state index contributed by atoms with van der Waals surface area (Å²) in [6, 6.07) is 7.52. The van der Waals surface area contributed by atoms with Crippen LogP contribution in [0.1, 0.15) is 16.1 Å². The van der Waals surface area contributed by atoms with Crippen molar-refractivity contribution in [3.05, 3.63) is 67.5 Å². The molecule has 0 spiro atoms. The number of esters is 1. The Bertz CT molecular complexity index is 893. The SMILES string of the molecule is O=C(OCc1csc(-c2cccs2)n1)c1ccc([N+](=O)[O-])cc1Cl. The minimum Gasteiger partial charge on any atom is -0.456 e. The summed E-state index contributed by atoms with van der Waals surface area (Å²) < 4.78 is 5.18. The van der Waals surface area contributed by atoms with E-state index in [1.165, 1.54) is 23.5 Å². The minimum atomic E-state index is -0.652. The van der Waals surface area contributed by atoms with Gasteiger partial charge in [0, 0.05) is 17.5 Å². The maximum atomic E-state index is 12.1. The van der Waals surface area contributed by atoms with Gasteiger partial charge in [0.05, 0.1) is 26.1 Å². The zero-order valence-electron chi connectivity index (χ0n) is 12.0. The van der Waals surface area contributed by atoms with Crippen LogP contribution in [0.15, 0.2) is 41.1 Å². The molecule has 1 aromatic carbocycles. The van der Waals surface area contributed by atoms with Crippen LogP contribution in [-0.2, 0) is 11.3 Å². The standard InChI is InChI=1S/C15H9ClN2O4S2/c16-12-6-10(18(20)21)3-4-11(12)15(19)22-7-9-8-24-14(17-9)13-2-1-5-23-13/h1-6,8H,7H2.